The Balaban J connectivity index is 1.34. The highest BCUT2D eigenvalue weighted by Gasteiger charge is 2.22. The van der Waals surface area contributed by atoms with E-state index < -0.39 is 0 Å². The van der Waals surface area contributed by atoms with Crippen LogP contribution in [0, 0.1) is 6.92 Å². The molecule has 0 atom stereocenters. The first-order valence-electron chi connectivity index (χ1n) is 9.70. The number of benzene rings is 1. The fraction of sp³-hybridized carbons (Fsp3) is 0.217. The van der Waals surface area contributed by atoms with E-state index in [-0.39, 0.29) is 5.56 Å². The van der Waals surface area contributed by atoms with Crippen LogP contribution in [0.5, 0.6) is 0 Å². The zero-order chi connectivity index (χ0) is 19.8. The van der Waals surface area contributed by atoms with Gasteiger partial charge in [-0.25, -0.2) is 4.98 Å². The number of thiophene rings is 2. The first-order chi connectivity index (χ1) is 14.2. The van der Waals surface area contributed by atoms with Gasteiger partial charge in [0.2, 0.25) is 0 Å². The van der Waals surface area contributed by atoms with Crippen molar-refractivity contribution in [3.63, 3.8) is 0 Å². The maximum absolute atomic E-state index is 12.7. The molecule has 4 aromatic rings. The number of nitrogens with zero attached hydrogens (tertiary/aromatic N) is 2. The second-order valence-corrected chi connectivity index (χ2v) is 9.53. The van der Waals surface area contributed by atoms with Gasteiger partial charge in [0.15, 0.2) is 5.82 Å². The first-order valence-corrected chi connectivity index (χ1v) is 11.4. The lowest BCUT2D eigenvalue weighted by Gasteiger charge is -2.27. The summed E-state index contributed by atoms with van der Waals surface area (Å²) >= 11 is 3.43. The Morgan fingerprint density at radius 2 is 2.07 bits per heavy atom. The molecule has 0 radical (unpaired) electrons. The number of nitrogens with one attached hydrogen (secondary N) is 1. The zero-order valence-electron chi connectivity index (χ0n) is 16.1. The fourth-order valence-electron chi connectivity index (χ4n) is 3.78. The van der Waals surface area contributed by atoms with E-state index in [1.54, 1.807) is 11.3 Å². The molecule has 6 heteroatoms. The van der Waals surface area contributed by atoms with Crippen molar-refractivity contribution in [2.24, 2.45) is 0 Å². The Labute approximate surface area is 177 Å². The largest absolute Gasteiger partial charge is 0.306 e. The molecule has 4 nitrogen and oxygen atoms in total. The lowest BCUT2D eigenvalue weighted by molar-refractivity contribution is 0.244. The second kappa shape index (κ2) is 7.71. The minimum atomic E-state index is -0.00488. The van der Waals surface area contributed by atoms with Crippen LogP contribution in [0.4, 0.5) is 0 Å². The number of hydrogen-bond donors (Lipinski definition) is 1. The van der Waals surface area contributed by atoms with Crippen LogP contribution >= 0.6 is 22.7 Å². The van der Waals surface area contributed by atoms with E-state index in [1.165, 1.54) is 20.9 Å². The maximum atomic E-state index is 12.7. The van der Waals surface area contributed by atoms with E-state index in [2.05, 4.69) is 53.2 Å². The van der Waals surface area contributed by atoms with Gasteiger partial charge in [0.25, 0.3) is 5.56 Å². The van der Waals surface area contributed by atoms with Gasteiger partial charge in [0.1, 0.15) is 0 Å². The molecular weight excluding hydrogens is 398 g/mol. The molecule has 146 valence electrons. The summed E-state index contributed by atoms with van der Waals surface area (Å²) in [5.74, 6) is 0.693. The zero-order valence-corrected chi connectivity index (χ0v) is 17.8. The molecule has 0 spiro atoms. The Kier molecular flexibility index (Phi) is 4.91. The lowest BCUT2D eigenvalue weighted by Crippen LogP contribution is -2.35. The Morgan fingerprint density at radius 1 is 1.14 bits per heavy atom. The Morgan fingerprint density at radius 3 is 2.90 bits per heavy atom. The van der Waals surface area contributed by atoms with E-state index in [4.69, 9.17) is 4.98 Å². The Hall–Kier alpha value is -2.54. The molecule has 0 saturated carbocycles. The average molecular weight is 420 g/mol. The average Bonchev–Trinajstić information content (AvgIpc) is 3.41. The Bertz CT molecular complexity index is 1210. The van der Waals surface area contributed by atoms with Crippen LogP contribution in [0.3, 0.4) is 0 Å². The number of fused-ring (bicyclic) bond motifs is 1. The molecule has 3 aromatic heterocycles. The molecular formula is C23H21N3OS2. The normalized spacial score (nSPS) is 14.1. The molecule has 4 heterocycles. The summed E-state index contributed by atoms with van der Waals surface area (Å²) in [7, 11) is 0. The molecule has 1 aromatic carbocycles. The van der Waals surface area contributed by atoms with Crippen LogP contribution in [0.1, 0.15) is 21.7 Å². The standard InChI is InChI=1S/C23H21N3OS2/c1-15-4-2-5-16(12-15)20-8-7-17(29-20)13-26-10-9-19-18(14-26)23(27)25-22(24-19)21-6-3-11-28-21/h2-8,11-12H,9-10,13-14H2,1H3,(H,24,25,27). The van der Waals surface area contributed by atoms with Gasteiger partial charge in [-0.3, -0.25) is 9.69 Å². The molecule has 0 amide bonds. The highest BCUT2D eigenvalue weighted by Crippen LogP contribution is 2.30. The summed E-state index contributed by atoms with van der Waals surface area (Å²) in [6, 6.07) is 17.0. The minimum Gasteiger partial charge on any atom is -0.306 e. The van der Waals surface area contributed by atoms with Crippen LogP contribution in [-0.4, -0.2) is 21.4 Å². The van der Waals surface area contributed by atoms with Crippen LogP contribution in [0.2, 0.25) is 0 Å². The van der Waals surface area contributed by atoms with Gasteiger partial charge >= 0.3 is 0 Å². The van der Waals surface area contributed by atoms with Crippen LogP contribution < -0.4 is 5.56 Å². The molecule has 1 N–H and O–H groups in total. The monoisotopic (exact) mass is 419 g/mol. The lowest BCUT2D eigenvalue weighted by atomic mass is 10.1. The topological polar surface area (TPSA) is 49.0 Å². The van der Waals surface area contributed by atoms with Crippen molar-refractivity contribution in [3.8, 4) is 21.1 Å². The van der Waals surface area contributed by atoms with Gasteiger partial charge in [0.05, 0.1) is 16.1 Å². The van der Waals surface area contributed by atoms with Gasteiger partial charge in [0, 0.05) is 35.8 Å². The maximum Gasteiger partial charge on any atom is 0.255 e. The summed E-state index contributed by atoms with van der Waals surface area (Å²) in [4.78, 5) is 26.4. The van der Waals surface area contributed by atoms with Gasteiger partial charge in [-0.1, -0.05) is 35.9 Å². The van der Waals surface area contributed by atoms with Gasteiger partial charge in [-0.2, -0.15) is 0 Å². The summed E-state index contributed by atoms with van der Waals surface area (Å²) in [6.45, 7) is 4.56. The molecule has 5 rings (SSSR count). The number of aromatic nitrogens is 2. The van der Waals surface area contributed by atoms with Crippen molar-refractivity contribution >= 4 is 22.7 Å². The SMILES string of the molecule is Cc1cccc(-c2ccc(CN3CCc4nc(-c5cccs5)[nH]c(=O)c4C3)s2)c1. The predicted molar refractivity (Wildman–Crippen MR) is 120 cm³/mol. The number of rotatable bonds is 4. The summed E-state index contributed by atoms with van der Waals surface area (Å²) < 4.78 is 0. The van der Waals surface area contributed by atoms with Crippen LogP contribution in [-0.2, 0) is 19.5 Å². The molecule has 0 fully saturated rings. The highest BCUT2D eigenvalue weighted by molar-refractivity contribution is 7.15. The predicted octanol–water partition coefficient (Wildman–Crippen LogP) is 5.09. The van der Waals surface area contributed by atoms with Crippen molar-refractivity contribution in [3.05, 3.63) is 86.0 Å². The minimum absolute atomic E-state index is 0.00488. The third-order valence-electron chi connectivity index (χ3n) is 5.25. The van der Waals surface area contributed by atoms with Gasteiger partial charge in [-0.15, -0.1) is 22.7 Å². The summed E-state index contributed by atoms with van der Waals surface area (Å²) in [5, 5.41) is 2.00. The summed E-state index contributed by atoms with van der Waals surface area (Å²) in [5.41, 5.74) is 4.30. The molecule has 29 heavy (non-hydrogen) atoms. The van der Waals surface area contributed by atoms with Crippen molar-refractivity contribution in [2.75, 3.05) is 6.54 Å². The molecule has 0 unspecified atom stereocenters. The smallest absolute Gasteiger partial charge is 0.255 e. The molecule has 0 aliphatic carbocycles. The molecule has 0 saturated heterocycles. The van der Waals surface area contributed by atoms with Gasteiger partial charge in [-0.05, 0) is 36.1 Å². The highest BCUT2D eigenvalue weighted by atomic mass is 32.1. The fourth-order valence-corrected chi connectivity index (χ4v) is 5.50. The second-order valence-electron chi connectivity index (χ2n) is 7.41. The number of hydrogen-bond acceptors (Lipinski definition) is 5. The van der Waals surface area contributed by atoms with Crippen molar-refractivity contribution in [1.29, 1.82) is 0 Å². The number of H-pyrrole nitrogens is 1. The number of aryl methyl sites for hydroxylation is 1. The first kappa shape index (κ1) is 18.5. The summed E-state index contributed by atoms with van der Waals surface area (Å²) in [6.07, 6.45) is 0.813. The third-order valence-corrected chi connectivity index (χ3v) is 7.24. The molecule has 1 aliphatic rings. The van der Waals surface area contributed by atoms with Crippen LogP contribution in [0.25, 0.3) is 21.1 Å². The third kappa shape index (κ3) is 3.83. The van der Waals surface area contributed by atoms with Crippen LogP contribution in [0.15, 0.2) is 58.7 Å². The van der Waals surface area contributed by atoms with Gasteiger partial charge < -0.3 is 4.98 Å². The van der Waals surface area contributed by atoms with Crippen molar-refractivity contribution in [1.82, 2.24) is 14.9 Å². The van der Waals surface area contributed by atoms with E-state index in [9.17, 15) is 4.79 Å². The van der Waals surface area contributed by atoms with Crippen molar-refractivity contribution in [2.45, 2.75) is 26.4 Å². The van der Waals surface area contributed by atoms with E-state index in [1.807, 2.05) is 28.8 Å². The quantitative estimate of drug-likeness (QED) is 0.501. The molecule has 1 aliphatic heterocycles. The van der Waals surface area contributed by atoms with E-state index in [0.29, 0.717) is 12.4 Å². The molecule has 0 bridgehead atoms. The number of aromatic amines is 1. The van der Waals surface area contributed by atoms with Crippen molar-refractivity contribution < 1.29 is 0 Å². The van der Waals surface area contributed by atoms with E-state index >= 15 is 0 Å². The van der Waals surface area contributed by atoms with E-state index in [0.717, 1.165) is 35.6 Å².